The molecule has 5 heteroatoms. The van der Waals surface area contributed by atoms with Crippen LogP contribution < -0.4 is 5.73 Å². The van der Waals surface area contributed by atoms with E-state index in [2.05, 4.69) is 4.90 Å². The van der Waals surface area contributed by atoms with Crippen molar-refractivity contribution in [2.45, 2.75) is 38.3 Å². The van der Waals surface area contributed by atoms with E-state index in [-0.39, 0.29) is 0 Å². The smallest absolute Gasteiger partial charge is 0.0870 e. The first kappa shape index (κ1) is 15.0. The molecule has 0 aromatic heterocycles. The molecule has 1 aliphatic rings. The quantitative estimate of drug-likeness (QED) is 0.832. The van der Waals surface area contributed by atoms with Gasteiger partial charge in [-0.15, -0.1) is 0 Å². The first-order chi connectivity index (χ1) is 9.06. The number of hydrogen-bond acceptors (Lipinski definition) is 2. The van der Waals surface area contributed by atoms with Gasteiger partial charge in [0.2, 0.25) is 0 Å². The summed E-state index contributed by atoms with van der Waals surface area (Å²) in [6.07, 6.45) is 4.98. The van der Waals surface area contributed by atoms with Crippen LogP contribution in [0.4, 0.5) is 0 Å². The Morgan fingerprint density at radius 2 is 2.00 bits per heavy atom. The molecule has 0 saturated heterocycles. The number of rotatable bonds is 5. The van der Waals surface area contributed by atoms with Gasteiger partial charge in [0, 0.05) is 29.2 Å². The summed E-state index contributed by atoms with van der Waals surface area (Å²) >= 11 is 17.3. The molecule has 1 fully saturated rings. The van der Waals surface area contributed by atoms with Crippen LogP contribution in [0.3, 0.4) is 0 Å². The van der Waals surface area contributed by atoms with Gasteiger partial charge in [0.15, 0.2) is 0 Å². The third-order valence-electron chi connectivity index (χ3n) is 3.58. The van der Waals surface area contributed by atoms with Crippen LogP contribution in [-0.2, 0) is 6.54 Å². The van der Waals surface area contributed by atoms with Gasteiger partial charge in [-0.1, -0.05) is 48.3 Å². The molecular weight excluding hydrogens is 299 g/mol. The van der Waals surface area contributed by atoms with Gasteiger partial charge in [-0.05, 0) is 36.6 Å². The molecule has 0 aliphatic heterocycles. The second kappa shape index (κ2) is 6.89. The number of benzene rings is 1. The Kier molecular flexibility index (Phi) is 5.46. The highest BCUT2D eigenvalue weighted by Gasteiger charge is 2.23. The Morgan fingerprint density at radius 3 is 2.63 bits per heavy atom. The predicted octanol–water partition coefficient (Wildman–Crippen LogP) is 4.02. The summed E-state index contributed by atoms with van der Waals surface area (Å²) < 4.78 is 0. The zero-order chi connectivity index (χ0) is 13.8. The molecule has 0 atom stereocenters. The average Bonchev–Trinajstić information content (AvgIpc) is 2.86. The van der Waals surface area contributed by atoms with Crippen LogP contribution in [0.5, 0.6) is 0 Å². The minimum Gasteiger partial charge on any atom is -0.392 e. The fourth-order valence-corrected chi connectivity index (χ4v) is 3.20. The van der Waals surface area contributed by atoms with Crippen LogP contribution >= 0.6 is 35.4 Å². The molecule has 2 rings (SSSR count). The molecule has 2 nitrogen and oxygen atoms in total. The van der Waals surface area contributed by atoms with Crippen LogP contribution in [0.1, 0.15) is 31.2 Å². The highest BCUT2D eigenvalue weighted by Crippen LogP contribution is 2.27. The lowest BCUT2D eigenvalue weighted by atomic mass is 10.1. The van der Waals surface area contributed by atoms with Crippen molar-refractivity contribution in [3.05, 3.63) is 33.8 Å². The zero-order valence-corrected chi connectivity index (χ0v) is 13.1. The van der Waals surface area contributed by atoms with Crippen molar-refractivity contribution in [1.29, 1.82) is 0 Å². The molecule has 19 heavy (non-hydrogen) atoms. The Morgan fingerprint density at radius 1 is 1.32 bits per heavy atom. The van der Waals surface area contributed by atoms with Gasteiger partial charge in [0.25, 0.3) is 0 Å². The lowest BCUT2D eigenvalue weighted by molar-refractivity contribution is 0.219. The predicted molar refractivity (Wildman–Crippen MR) is 85.9 cm³/mol. The maximum absolute atomic E-state index is 6.23. The summed E-state index contributed by atoms with van der Waals surface area (Å²) in [7, 11) is 0. The van der Waals surface area contributed by atoms with E-state index in [1.807, 2.05) is 12.1 Å². The summed E-state index contributed by atoms with van der Waals surface area (Å²) in [5.74, 6) is 0. The molecule has 0 spiro atoms. The van der Waals surface area contributed by atoms with Crippen LogP contribution in [0.25, 0.3) is 0 Å². The Bertz CT molecular complexity index is 459. The monoisotopic (exact) mass is 316 g/mol. The second-order valence-electron chi connectivity index (χ2n) is 5.05. The zero-order valence-electron chi connectivity index (χ0n) is 10.7. The number of hydrogen-bond donors (Lipinski definition) is 1. The molecule has 0 heterocycles. The van der Waals surface area contributed by atoms with E-state index in [0.29, 0.717) is 22.6 Å². The van der Waals surface area contributed by atoms with Gasteiger partial charge in [0.05, 0.1) is 4.99 Å². The third kappa shape index (κ3) is 4.32. The lowest BCUT2D eigenvalue weighted by Crippen LogP contribution is -2.38. The van der Waals surface area contributed by atoms with E-state index in [4.69, 9.17) is 41.2 Å². The maximum atomic E-state index is 6.23. The molecule has 0 unspecified atom stereocenters. The minimum absolute atomic E-state index is 0.532. The van der Waals surface area contributed by atoms with Gasteiger partial charge in [-0.25, -0.2) is 0 Å². The van der Waals surface area contributed by atoms with Crippen molar-refractivity contribution in [3.63, 3.8) is 0 Å². The van der Waals surface area contributed by atoms with E-state index >= 15 is 0 Å². The number of nitrogens with zero attached hydrogens (tertiary/aromatic N) is 1. The summed E-state index contributed by atoms with van der Waals surface area (Å²) in [5, 5.41) is 1.46. The first-order valence-electron chi connectivity index (χ1n) is 6.52. The van der Waals surface area contributed by atoms with Gasteiger partial charge in [-0.3, -0.25) is 4.90 Å². The van der Waals surface area contributed by atoms with Gasteiger partial charge in [0.1, 0.15) is 0 Å². The van der Waals surface area contributed by atoms with Crippen LogP contribution in [0.15, 0.2) is 18.2 Å². The maximum Gasteiger partial charge on any atom is 0.0870 e. The molecule has 1 aliphatic carbocycles. The van der Waals surface area contributed by atoms with E-state index in [1.54, 1.807) is 6.07 Å². The Balaban J connectivity index is 2.14. The summed E-state index contributed by atoms with van der Waals surface area (Å²) in [5.41, 5.74) is 6.75. The topological polar surface area (TPSA) is 29.3 Å². The van der Waals surface area contributed by atoms with Crippen LogP contribution in [0.2, 0.25) is 10.0 Å². The van der Waals surface area contributed by atoms with Crippen molar-refractivity contribution < 1.29 is 0 Å². The molecule has 1 aromatic carbocycles. The summed E-state index contributed by atoms with van der Waals surface area (Å²) in [6.45, 7) is 1.39. The largest absolute Gasteiger partial charge is 0.392 e. The van der Waals surface area contributed by atoms with E-state index in [0.717, 1.165) is 17.1 Å². The van der Waals surface area contributed by atoms with Crippen molar-refractivity contribution in [3.8, 4) is 0 Å². The fraction of sp³-hybridized carbons (Fsp3) is 0.500. The van der Waals surface area contributed by atoms with Crippen molar-refractivity contribution in [2.75, 3.05) is 6.54 Å². The molecule has 0 radical (unpaired) electrons. The van der Waals surface area contributed by atoms with Gasteiger partial charge < -0.3 is 5.73 Å². The van der Waals surface area contributed by atoms with Crippen LogP contribution in [0, 0.1) is 0 Å². The van der Waals surface area contributed by atoms with Crippen molar-refractivity contribution in [2.24, 2.45) is 5.73 Å². The summed E-state index contributed by atoms with van der Waals surface area (Å²) in [4.78, 5) is 2.86. The summed E-state index contributed by atoms with van der Waals surface area (Å²) in [6, 6.07) is 6.12. The number of thiocarbonyl (C=S) groups is 1. The molecule has 2 N–H and O–H groups in total. The molecular formula is C14H18Cl2N2S. The van der Waals surface area contributed by atoms with E-state index in [9.17, 15) is 0 Å². The molecule has 0 amide bonds. The minimum atomic E-state index is 0.532. The molecule has 1 aromatic rings. The number of halogens is 2. The Labute approximate surface area is 129 Å². The van der Waals surface area contributed by atoms with Gasteiger partial charge in [-0.2, -0.15) is 0 Å². The SMILES string of the molecule is NC(=S)CN(Cc1cc(Cl)ccc1Cl)C1CCCC1. The molecule has 104 valence electrons. The highest BCUT2D eigenvalue weighted by atomic mass is 35.5. The van der Waals surface area contributed by atoms with E-state index in [1.165, 1.54) is 25.7 Å². The van der Waals surface area contributed by atoms with Crippen molar-refractivity contribution >= 4 is 40.4 Å². The van der Waals surface area contributed by atoms with Crippen molar-refractivity contribution in [1.82, 2.24) is 4.90 Å². The third-order valence-corrected chi connectivity index (χ3v) is 4.31. The standard InChI is InChI=1S/C14H18Cl2N2S/c15-11-5-6-13(16)10(7-11)8-18(9-14(17)19)12-3-1-2-4-12/h5-7,12H,1-4,8-9H2,(H2,17,19). The normalized spacial score (nSPS) is 16.2. The Hall–Kier alpha value is -0.350. The van der Waals surface area contributed by atoms with E-state index < -0.39 is 0 Å². The second-order valence-corrected chi connectivity index (χ2v) is 6.41. The van der Waals surface area contributed by atoms with Crippen LogP contribution in [-0.4, -0.2) is 22.5 Å². The van der Waals surface area contributed by atoms with Gasteiger partial charge >= 0.3 is 0 Å². The fourth-order valence-electron chi connectivity index (χ4n) is 2.67. The lowest BCUT2D eigenvalue weighted by Gasteiger charge is -2.28. The number of nitrogens with two attached hydrogens (primary N) is 1. The highest BCUT2D eigenvalue weighted by molar-refractivity contribution is 7.80. The first-order valence-corrected chi connectivity index (χ1v) is 7.69. The average molecular weight is 317 g/mol. The molecule has 0 bridgehead atoms. The molecule has 1 saturated carbocycles.